The molecule has 2 aromatic carbocycles. The SMILES string of the molecule is Cc1cc(C)c(CNC(=O)c2cc(-c3ccc(N4CCN(CCNC(=O)CCCCCNc5cccc6c5C(=O)N(C5CCC(=O)NC5=O)C6=O)CC4)nc3)cc3c2cnn3C(C)C)c(=O)[nH]1. The van der Waals surface area contributed by atoms with Gasteiger partial charge in [-0.1, -0.05) is 12.5 Å². The average Bonchev–Trinajstić information content (AvgIpc) is 3.85. The lowest BCUT2D eigenvalue weighted by Gasteiger charge is -2.35. The van der Waals surface area contributed by atoms with Gasteiger partial charge in [-0.3, -0.25) is 53.4 Å². The first-order valence-corrected chi connectivity index (χ1v) is 23.0. The number of amides is 6. The zero-order valence-corrected chi connectivity index (χ0v) is 38.4. The molecule has 350 valence electrons. The summed E-state index contributed by atoms with van der Waals surface area (Å²) >= 11 is 0. The van der Waals surface area contributed by atoms with Crippen molar-refractivity contribution in [3.05, 3.63) is 105 Å². The first kappa shape index (κ1) is 46.3. The highest BCUT2D eigenvalue weighted by Gasteiger charge is 2.45. The molecule has 0 saturated carbocycles. The summed E-state index contributed by atoms with van der Waals surface area (Å²) < 4.78 is 1.90. The number of benzene rings is 2. The van der Waals surface area contributed by atoms with Gasteiger partial charge in [0, 0.05) is 105 Å². The van der Waals surface area contributed by atoms with Crippen molar-refractivity contribution < 1.29 is 28.8 Å². The molecule has 2 saturated heterocycles. The molecule has 67 heavy (non-hydrogen) atoms. The Morgan fingerprint density at radius 3 is 2.40 bits per heavy atom. The van der Waals surface area contributed by atoms with Gasteiger partial charge in [-0.2, -0.15) is 5.10 Å². The molecule has 3 aromatic heterocycles. The highest BCUT2D eigenvalue weighted by molar-refractivity contribution is 6.25. The lowest BCUT2D eigenvalue weighted by atomic mass is 10.0. The van der Waals surface area contributed by atoms with E-state index in [1.54, 1.807) is 24.4 Å². The van der Waals surface area contributed by atoms with Crippen LogP contribution in [0.25, 0.3) is 22.0 Å². The maximum atomic E-state index is 13.7. The van der Waals surface area contributed by atoms with Crippen molar-refractivity contribution in [3.8, 4) is 11.1 Å². The number of unbranched alkanes of at least 4 members (excludes halogenated alkanes) is 2. The number of rotatable bonds is 17. The number of aryl methyl sites for hydroxylation is 2. The van der Waals surface area contributed by atoms with Crippen LogP contribution in [0.5, 0.6) is 0 Å². The van der Waals surface area contributed by atoms with Crippen LogP contribution in [0.3, 0.4) is 0 Å². The van der Waals surface area contributed by atoms with E-state index in [-0.39, 0.29) is 53.9 Å². The fraction of sp³-hybridized carbons (Fsp3) is 0.408. The summed E-state index contributed by atoms with van der Waals surface area (Å²) in [7, 11) is 0. The van der Waals surface area contributed by atoms with E-state index in [1.165, 1.54) is 0 Å². The molecule has 5 N–H and O–H groups in total. The summed E-state index contributed by atoms with van der Waals surface area (Å²) in [6, 6.07) is 13.9. The topological polar surface area (TPSA) is 224 Å². The molecule has 3 aliphatic rings. The quantitative estimate of drug-likeness (QED) is 0.0654. The van der Waals surface area contributed by atoms with E-state index in [9.17, 15) is 33.6 Å². The summed E-state index contributed by atoms with van der Waals surface area (Å²) in [6.45, 7) is 12.9. The number of fused-ring (bicyclic) bond motifs is 2. The van der Waals surface area contributed by atoms with Gasteiger partial charge >= 0.3 is 0 Å². The minimum atomic E-state index is -1.02. The van der Waals surface area contributed by atoms with Gasteiger partial charge in [0.15, 0.2) is 0 Å². The Morgan fingerprint density at radius 1 is 0.866 bits per heavy atom. The fourth-order valence-corrected chi connectivity index (χ4v) is 9.14. The Kier molecular flexibility index (Phi) is 13.9. The van der Waals surface area contributed by atoms with Crippen LogP contribution in [0.4, 0.5) is 11.5 Å². The number of anilines is 2. The number of nitrogens with zero attached hydrogens (tertiary/aromatic N) is 6. The monoisotopic (exact) mass is 911 g/mol. The van der Waals surface area contributed by atoms with Crippen molar-refractivity contribution in [3.63, 3.8) is 0 Å². The predicted molar refractivity (Wildman–Crippen MR) is 253 cm³/mol. The number of carbonyl (C=O) groups excluding carboxylic acids is 6. The average molecular weight is 912 g/mol. The summed E-state index contributed by atoms with van der Waals surface area (Å²) in [6.07, 6.45) is 6.36. The number of H-pyrrole nitrogens is 1. The van der Waals surface area contributed by atoms with Crippen molar-refractivity contribution in [2.75, 3.05) is 56.0 Å². The smallest absolute Gasteiger partial charge is 0.264 e. The van der Waals surface area contributed by atoms with Crippen LogP contribution < -0.4 is 31.7 Å². The first-order chi connectivity index (χ1) is 32.3. The number of hydrogen-bond donors (Lipinski definition) is 5. The third-order valence-electron chi connectivity index (χ3n) is 12.8. The molecule has 18 nitrogen and oxygen atoms in total. The van der Waals surface area contributed by atoms with Gasteiger partial charge in [-0.25, -0.2) is 4.98 Å². The molecule has 6 heterocycles. The number of piperazine rings is 1. The van der Waals surface area contributed by atoms with Crippen molar-refractivity contribution in [1.29, 1.82) is 0 Å². The highest BCUT2D eigenvalue weighted by atomic mass is 16.2. The van der Waals surface area contributed by atoms with Crippen LogP contribution in [0.2, 0.25) is 0 Å². The summed E-state index contributed by atoms with van der Waals surface area (Å²) in [5, 5.41) is 16.8. The molecule has 0 radical (unpaired) electrons. The molecule has 3 aliphatic heterocycles. The van der Waals surface area contributed by atoms with Crippen LogP contribution in [-0.2, 0) is 20.9 Å². The van der Waals surface area contributed by atoms with E-state index in [0.717, 1.165) is 89.6 Å². The molecule has 6 amide bonds. The minimum absolute atomic E-state index is 0.00363. The fourth-order valence-electron chi connectivity index (χ4n) is 9.14. The minimum Gasteiger partial charge on any atom is -0.384 e. The third-order valence-corrected chi connectivity index (χ3v) is 12.8. The second-order valence-electron chi connectivity index (χ2n) is 17.8. The van der Waals surface area contributed by atoms with Crippen molar-refractivity contribution >= 4 is 57.9 Å². The second-order valence-corrected chi connectivity index (χ2v) is 17.8. The number of nitrogens with one attached hydrogen (secondary N) is 5. The Hall–Kier alpha value is -7.21. The van der Waals surface area contributed by atoms with Crippen LogP contribution in [0.15, 0.2) is 65.7 Å². The van der Waals surface area contributed by atoms with Crippen molar-refractivity contribution in [2.45, 2.75) is 84.8 Å². The Labute approximate surface area is 387 Å². The summed E-state index contributed by atoms with van der Waals surface area (Å²) in [5.41, 5.74) is 5.86. The van der Waals surface area contributed by atoms with Gasteiger partial charge in [-0.05, 0) is 101 Å². The van der Waals surface area contributed by atoms with Gasteiger partial charge in [-0.15, -0.1) is 0 Å². The van der Waals surface area contributed by atoms with Crippen LogP contribution in [0.1, 0.15) is 106 Å². The maximum Gasteiger partial charge on any atom is 0.264 e. The Morgan fingerprint density at radius 2 is 1.67 bits per heavy atom. The van der Waals surface area contributed by atoms with E-state index < -0.39 is 29.7 Å². The van der Waals surface area contributed by atoms with Crippen molar-refractivity contribution in [2.24, 2.45) is 0 Å². The molecule has 0 spiro atoms. The molecule has 0 bridgehead atoms. The van der Waals surface area contributed by atoms with E-state index in [0.29, 0.717) is 42.7 Å². The van der Waals surface area contributed by atoms with E-state index in [2.05, 4.69) is 41.1 Å². The molecular weight excluding hydrogens is 855 g/mol. The van der Waals surface area contributed by atoms with Gasteiger partial charge in [0.25, 0.3) is 23.3 Å². The van der Waals surface area contributed by atoms with Gasteiger partial charge in [0.2, 0.25) is 17.7 Å². The zero-order valence-electron chi connectivity index (χ0n) is 38.4. The number of carbonyl (C=O) groups is 6. The number of aromatic amines is 1. The number of aromatic nitrogens is 4. The van der Waals surface area contributed by atoms with Crippen LogP contribution in [0, 0.1) is 13.8 Å². The van der Waals surface area contributed by atoms with E-state index in [1.807, 2.05) is 68.9 Å². The van der Waals surface area contributed by atoms with E-state index in [4.69, 9.17) is 4.98 Å². The van der Waals surface area contributed by atoms with Crippen LogP contribution >= 0.6 is 0 Å². The number of hydrogen-bond acceptors (Lipinski definition) is 12. The summed E-state index contributed by atoms with van der Waals surface area (Å²) in [5.74, 6) is -1.58. The largest absolute Gasteiger partial charge is 0.384 e. The molecule has 1 atom stereocenters. The molecule has 8 rings (SSSR count). The normalized spacial score (nSPS) is 16.5. The van der Waals surface area contributed by atoms with Crippen LogP contribution in [-0.4, -0.2) is 117 Å². The molecule has 2 fully saturated rings. The molecular formula is C49H57N11O7. The third kappa shape index (κ3) is 10.1. The van der Waals surface area contributed by atoms with Gasteiger partial charge < -0.3 is 25.8 Å². The molecule has 18 heteroatoms. The lowest BCUT2D eigenvalue weighted by Crippen LogP contribution is -2.54. The van der Waals surface area contributed by atoms with Gasteiger partial charge in [0.1, 0.15) is 11.9 Å². The Balaban J connectivity index is 0.762. The highest BCUT2D eigenvalue weighted by Crippen LogP contribution is 2.33. The zero-order chi connectivity index (χ0) is 47.4. The second kappa shape index (κ2) is 20.1. The Bertz CT molecular complexity index is 2790. The summed E-state index contributed by atoms with van der Waals surface area (Å²) in [4.78, 5) is 103. The lowest BCUT2D eigenvalue weighted by molar-refractivity contribution is -0.136. The number of piperidine rings is 1. The standard InChI is InChI=1S/C49H57N11O7/c1-29(2)60-40-25-33(24-35(37(40)28-54-60)45(63)53-27-36-30(3)23-31(4)55-46(36)64)32-12-14-41(52-26-32)58-21-19-57(20-22-58)18-17-51-42(61)11-6-5-7-16-50-38-10-8-9-34-44(38)49(67)59(48(34)66)39-13-15-43(62)56-47(39)65/h8-10,12,14,23-26,28-29,39,50H,5-7,11,13,15-22,27H2,1-4H3,(H,51,61)(H,53,63)(H,55,64)(H,56,62,65). The van der Waals surface area contributed by atoms with Crippen molar-refractivity contribution in [1.82, 2.24) is 45.5 Å². The van der Waals surface area contributed by atoms with E-state index >= 15 is 0 Å². The first-order valence-electron chi connectivity index (χ1n) is 23.0. The maximum absolute atomic E-state index is 13.7. The van der Waals surface area contributed by atoms with Gasteiger partial charge in [0.05, 0.1) is 28.4 Å². The predicted octanol–water partition coefficient (Wildman–Crippen LogP) is 4.23. The number of imide groups is 2. The molecule has 1 unspecified atom stereocenters. The molecule has 0 aliphatic carbocycles. The molecule has 5 aromatic rings. The number of pyridine rings is 2.